The van der Waals surface area contributed by atoms with Crippen LogP contribution in [-0.2, 0) is 27.3 Å². The number of pyridine rings is 1. The Hall–Kier alpha value is -4.93. The number of hydrogen-bond donors (Lipinski definition) is 0. The minimum absolute atomic E-state index is 0.165. The van der Waals surface area contributed by atoms with Crippen LogP contribution in [0.4, 0.5) is 15.4 Å². The fourth-order valence-electron chi connectivity index (χ4n) is 6.29. The van der Waals surface area contributed by atoms with Gasteiger partial charge in [-0.25, -0.2) is 14.6 Å². The molecule has 2 fully saturated rings. The van der Waals surface area contributed by atoms with Gasteiger partial charge >= 0.3 is 12.1 Å². The molecule has 3 aromatic rings. The van der Waals surface area contributed by atoms with Crippen molar-refractivity contribution in [1.82, 2.24) is 19.7 Å². The van der Waals surface area contributed by atoms with Gasteiger partial charge in [-0.15, -0.1) is 0 Å². The quantitative estimate of drug-likeness (QED) is 0.281. The summed E-state index contributed by atoms with van der Waals surface area (Å²) in [4.78, 5) is 65.1. The van der Waals surface area contributed by atoms with Crippen LogP contribution in [0.2, 0.25) is 0 Å². The first-order valence-electron chi connectivity index (χ1n) is 16.4. The van der Waals surface area contributed by atoms with E-state index in [0.29, 0.717) is 23.7 Å². The molecule has 254 valence electrons. The van der Waals surface area contributed by atoms with Crippen LogP contribution in [-0.4, -0.2) is 83.0 Å². The lowest BCUT2D eigenvalue weighted by Crippen LogP contribution is -2.70. The van der Waals surface area contributed by atoms with Crippen LogP contribution in [0, 0.1) is 5.92 Å². The number of rotatable bonds is 8. The Balaban J connectivity index is 1.40. The van der Waals surface area contributed by atoms with E-state index in [1.807, 2.05) is 54.6 Å². The number of benzene rings is 2. The van der Waals surface area contributed by atoms with Crippen LogP contribution in [0.1, 0.15) is 62.8 Å². The fourth-order valence-corrected chi connectivity index (χ4v) is 6.29. The zero-order valence-corrected chi connectivity index (χ0v) is 28.6. The maximum absolute atomic E-state index is 14.0. The third-order valence-corrected chi connectivity index (χ3v) is 8.70. The predicted octanol–water partition coefficient (Wildman–Crippen LogP) is 5.84. The second-order valence-electron chi connectivity index (χ2n) is 13.5. The van der Waals surface area contributed by atoms with Crippen molar-refractivity contribution in [3.8, 4) is 5.75 Å². The molecule has 3 heterocycles. The van der Waals surface area contributed by atoms with Crippen LogP contribution < -0.4 is 9.64 Å². The third kappa shape index (κ3) is 7.61. The molecule has 1 unspecified atom stereocenters. The second kappa shape index (κ2) is 14.5. The average Bonchev–Trinajstić information content (AvgIpc) is 3.07. The van der Waals surface area contributed by atoms with Crippen LogP contribution in [0.25, 0.3) is 0 Å². The highest BCUT2D eigenvalue weighted by atomic mass is 16.6. The molecule has 0 spiro atoms. The molecule has 0 saturated carbocycles. The average molecular weight is 656 g/mol. The number of β-lactam (4-membered cyclic amide) rings is 1. The van der Waals surface area contributed by atoms with Crippen molar-refractivity contribution in [2.45, 2.75) is 70.7 Å². The van der Waals surface area contributed by atoms with Gasteiger partial charge in [0.05, 0.1) is 25.6 Å². The smallest absolute Gasteiger partial charge is 0.416 e. The number of likely N-dealkylation sites (N-methyl/N-ethyl adjacent to an activating group) is 1. The zero-order valence-electron chi connectivity index (χ0n) is 28.6. The molecule has 11 heteroatoms. The number of aromatic nitrogens is 1. The molecule has 48 heavy (non-hydrogen) atoms. The Bertz CT molecular complexity index is 1620. The topological polar surface area (TPSA) is 113 Å². The normalized spacial score (nSPS) is 19.3. The number of urea groups is 1. The number of carbonyl (C=O) groups is 4. The monoisotopic (exact) mass is 655 g/mol. The number of piperidine rings is 1. The summed E-state index contributed by atoms with van der Waals surface area (Å²) >= 11 is 0. The summed E-state index contributed by atoms with van der Waals surface area (Å²) in [6.45, 7) is 6.08. The summed E-state index contributed by atoms with van der Waals surface area (Å²) in [6, 6.07) is 19.1. The van der Waals surface area contributed by atoms with Crippen molar-refractivity contribution in [3.05, 3.63) is 89.6 Å². The summed E-state index contributed by atoms with van der Waals surface area (Å²) in [5.74, 6) is -0.427. The number of hydrogen-bond acceptors (Lipinski definition) is 7. The SMILES string of the molecule is COc1ccc(CN(C(=O)OC(C)(C)C)c2cc(C[C@H]3C(=O)N(C(=O)N4CCCCC4c4ccccc4)[C@@H]3C(=O)N(C)C)ccn2)cc1. The number of ether oxygens (including phenoxy) is 2. The minimum Gasteiger partial charge on any atom is -0.497 e. The Morgan fingerprint density at radius 3 is 2.31 bits per heavy atom. The van der Waals surface area contributed by atoms with E-state index in [0.717, 1.165) is 35.3 Å². The van der Waals surface area contributed by atoms with E-state index in [1.54, 1.807) is 65.2 Å². The lowest BCUT2D eigenvalue weighted by atomic mass is 9.81. The van der Waals surface area contributed by atoms with Gasteiger partial charge in [0, 0.05) is 26.8 Å². The Morgan fingerprint density at radius 1 is 0.958 bits per heavy atom. The van der Waals surface area contributed by atoms with Crippen LogP contribution in [0.5, 0.6) is 5.75 Å². The lowest BCUT2D eigenvalue weighted by molar-refractivity contribution is -0.162. The number of anilines is 1. The van der Waals surface area contributed by atoms with E-state index in [-0.39, 0.29) is 24.9 Å². The predicted molar refractivity (Wildman–Crippen MR) is 181 cm³/mol. The summed E-state index contributed by atoms with van der Waals surface area (Å²) < 4.78 is 11.0. The van der Waals surface area contributed by atoms with Gasteiger partial charge in [0.15, 0.2) is 0 Å². The minimum atomic E-state index is -0.948. The summed E-state index contributed by atoms with van der Waals surface area (Å²) in [6.07, 6.45) is 3.78. The first-order valence-corrected chi connectivity index (χ1v) is 16.4. The van der Waals surface area contributed by atoms with E-state index in [4.69, 9.17) is 9.47 Å². The standard InChI is InChI=1S/C37H45N5O6/c1-37(2,3)48-36(46)41(24-25-15-17-28(47-6)18-16-25)31-23-26(19-20-38-31)22-29-32(34(44)39(4)5)42(33(29)43)35(45)40-21-11-10-14-30(40)27-12-8-7-9-13-27/h7-9,12-13,15-20,23,29-30,32H,10-11,14,21-22,24H2,1-6H3/t29-,30?,32+/m1/s1. The van der Waals surface area contributed by atoms with Gasteiger partial charge in [0.1, 0.15) is 23.2 Å². The van der Waals surface area contributed by atoms with Crippen molar-refractivity contribution >= 4 is 29.8 Å². The number of carbonyl (C=O) groups excluding carboxylic acids is 4. The lowest BCUT2D eigenvalue weighted by Gasteiger charge is -2.49. The van der Waals surface area contributed by atoms with Gasteiger partial charge < -0.3 is 19.3 Å². The molecule has 3 atom stereocenters. The number of methoxy groups -OCH3 is 1. The van der Waals surface area contributed by atoms with Gasteiger partial charge in [-0.3, -0.25) is 19.4 Å². The van der Waals surface area contributed by atoms with E-state index < -0.39 is 35.6 Å². The zero-order chi connectivity index (χ0) is 34.6. The van der Waals surface area contributed by atoms with Crippen LogP contribution >= 0.6 is 0 Å². The largest absolute Gasteiger partial charge is 0.497 e. The molecule has 0 radical (unpaired) electrons. The third-order valence-electron chi connectivity index (χ3n) is 8.70. The van der Waals surface area contributed by atoms with Gasteiger partial charge in [-0.05, 0) is 87.4 Å². The van der Waals surface area contributed by atoms with Gasteiger partial charge in [0.25, 0.3) is 0 Å². The molecule has 2 aromatic carbocycles. The molecule has 2 saturated heterocycles. The van der Waals surface area contributed by atoms with Crippen molar-refractivity contribution in [2.75, 3.05) is 32.6 Å². The Kier molecular flexibility index (Phi) is 10.4. The number of amides is 5. The van der Waals surface area contributed by atoms with Gasteiger partial charge in [-0.2, -0.15) is 0 Å². The fraction of sp³-hybridized carbons (Fsp3) is 0.432. The van der Waals surface area contributed by atoms with Crippen molar-refractivity contribution in [1.29, 1.82) is 0 Å². The van der Waals surface area contributed by atoms with Crippen LogP contribution in [0.3, 0.4) is 0 Å². The molecular formula is C37H45N5O6. The van der Waals surface area contributed by atoms with E-state index in [1.165, 1.54) is 9.80 Å². The summed E-state index contributed by atoms with van der Waals surface area (Å²) in [5, 5.41) is 0. The first-order chi connectivity index (χ1) is 22.9. The van der Waals surface area contributed by atoms with Gasteiger partial charge in [0.2, 0.25) is 11.8 Å². The molecule has 5 amide bonds. The number of likely N-dealkylation sites (tertiary alicyclic amines) is 2. The van der Waals surface area contributed by atoms with Crippen LogP contribution in [0.15, 0.2) is 72.9 Å². The Morgan fingerprint density at radius 2 is 1.67 bits per heavy atom. The number of nitrogens with zero attached hydrogens (tertiary/aromatic N) is 5. The van der Waals surface area contributed by atoms with E-state index >= 15 is 0 Å². The number of imide groups is 1. The van der Waals surface area contributed by atoms with Gasteiger partial charge in [-0.1, -0.05) is 42.5 Å². The highest BCUT2D eigenvalue weighted by molar-refractivity contribution is 6.09. The second-order valence-corrected chi connectivity index (χ2v) is 13.5. The Labute approximate surface area is 282 Å². The van der Waals surface area contributed by atoms with E-state index in [9.17, 15) is 19.2 Å². The highest BCUT2D eigenvalue weighted by Gasteiger charge is 2.56. The van der Waals surface area contributed by atoms with Crippen molar-refractivity contribution in [3.63, 3.8) is 0 Å². The first kappa shape index (κ1) is 34.4. The highest BCUT2D eigenvalue weighted by Crippen LogP contribution is 2.37. The molecule has 0 bridgehead atoms. The molecular weight excluding hydrogens is 610 g/mol. The summed E-state index contributed by atoms with van der Waals surface area (Å²) in [5.41, 5.74) is 1.80. The van der Waals surface area contributed by atoms with Crippen molar-refractivity contribution in [2.24, 2.45) is 5.92 Å². The van der Waals surface area contributed by atoms with E-state index in [2.05, 4.69) is 4.98 Å². The molecule has 2 aliphatic heterocycles. The maximum Gasteiger partial charge on any atom is 0.416 e. The summed E-state index contributed by atoms with van der Waals surface area (Å²) in [7, 11) is 4.84. The molecule has 11 nitrogen and oxygen atoms in total. The molecule has 2 aliphatic rings. The molecule has 0 N–H and O–H groups in total. The molecule has 0 aliphatic carbocycles. The maximum atomic E-state index is 14.0. The van der Waals surface area contributed by atoms with Crippen molar-refractivity contribution < 1.29 is 28.7 Å². The molecule has 1 aromatic heterocycles. The molecule has 5 rings (SSSR count).